The maximum atomic E-state index is 9.20. The zero-order valence-corrected chi connectivity index (χ0v) is 5.91. The second-order valence-corrected chi connectivity index (χ2v) is 2.35. The predicted molar refractivity (Wildman–Crippen MR) is 40.7 cm³/mol. The summed E-state index contributed by atoms with van der Waals surface area (Å²) in [6.07, 6.45) is 0. The Hall–Kier alpha value is -1.02. The first-order valence-corrected chi connectivity index (χ1v) is 3.25. The van der Waals surface area contributed by atoms with E-state index in [1.54, 1.807) is 12.1 Å². The molecule has 54 valence electrons. The highest BCUT2D eigenvalue weighted by Crippen LogP contribution is 2.20. The molecule has 0 aromatic heterocycles. The molecule has 1 unspecified atom stereocenters. The Morgan fingerprint density at radius 1 is 1.40 bits per heavy atom. The molecule has 0 heterocycles. The standard InChI is InChI=1S/C8H11NO/c1-6(9)7-4-2-3-5-8(7)10/h2-6,10H,9H2,1H3. The van der Waals surface area contributed by atoms with E-state index in [2.05, 4.69) is 0 Å². The van der Waals surface area contributed by atoms with Crippen molar-refractivity contribution in [1.29, 1.82) is 0 Å². The van der Waals surface area contributed by atoms with E-state index in [0.717, 1.165) is 5.56 Å². The summed E-state index contributed by atoms with van der Waals surface area (Å²) in [5.41, 5.74) is 6.35. The van der Waals surface area contributed by atoms with Crippen molar-refractivity contribution < 1.29 is 5.11 Å². The number of hydrogen-bond acceptors (Lipinski definition) is 2. The van der Waals surface area contributed by atoms with Crippen molar-refractivity contribution in [2.75, 3.05) is 0 Å². The number of benzene rings is 1. The maximum absolute atomic E-state index is 9.20. The fourth-order valence-corrected chi connectivity index (χ4v) is 0.873. The molecule has 0 fully saturated rings. The van der Waals surface area contributed by atoms with Crippen LogP contribution in [0.3, 0.4) is 0 Å². The minimum absolute atomic E-state index is 0.0961. The van der Waals surface area contributed by atoms with Crippen molar-refractivity contribution in [2.24, 2.45) is 5.73 Å². The normalized spacial score (nSPS) is 13.0. The summed E-state index contributed by atoms with van der Waals surface area (Å²) in [6, 6.07) is 7.00. The molecule has 0 aliphatic heterocycles. The van der Waals surface area contributed by atoms with Crippen LogP contribution in [0.15, 0.2) is 24.3 Å². The van der Waals surface area contributed by atoms with Crippen LogP contribution in [-0.2, 0) is 0 Å². The Bertz CT molecular complexity index is 220. The third-order valence-corrected chi connectivity index (χ3v) is 1.43. The van der Waals surface area contributed by atoms with Gasteiger partial charge < -0.3 is 10.8 Å². The number of aromatic hydroxyl groups is 1. The topological polar surface area (TPSA) is 46.2 Å². The lowest BCUT2D eigenvalue weighted by Crippen LogP contribution is -2.04. The van der Waals surface area contributed by atoms with Crippen molar-refractivity contribution in [3.05, 3.63) is 29.8 Å². The Morgan fingerprint density at radius 3 is 2.40 bits per heavy atom. The van der Waals surface area contributed by atoms with Crippen LogP contribution in [0.2, 0.25) is 0 Å². The lowest BCUT2D eigenvalue weighted by atomic mass is 10.1. The monoisotopic (exact) mass is 137 g/mol. The Labute approximate surface area is 60.3 Å². The SMILES string of the molecule is CC(N)c1ccccc1O. The quantitative estimate of drug-likeness (QED) is 0.614. The molecule has 0 amide bonds. The van der Waals surface area contributed by atoms with Gasteiger partial charge in [-0.05, 0) is 13.0 Å². The van der Waals surface area contributed by atoms with E-state index < -0.39 is 0 Å². The third-order valence-electron chi connectivity index (χ3n) is 1.43. The van der Waals surface area contributed by atoms with Gasteiger partial charge in [-0.15, -0.1) is 0 Å². The molecule has 0 bridgehead atoms. The van der Waals surface area contributed by atoms with Gasteiger partial charge in [0.2, 0.25) is 0 Å². The Kier molecular flexibility index (Phi) is 1.92. The molecule has 0 radical (unpaired) electrons. The lowest BCUT2D eigenvalue weighted by molar-refractivity contribution is 0.464. The van der Waals surface area contributed by atoms with Crippen molar-refractivity contribution in [2.45, 2.75) is 13.0 Å². The zero-order chi connectivity index (χ0) is 7.56. The maximum Gasteiger partial charge on any atom is 0.120 e. The van der Waals surface area contributed by atoms with E-state index in [0.29, 0.717) is 0 Å². The number of hydrogen-bond donors (Lipinski definition) is 2. The summed E-state index contributed by atoms with van der Waals surface area (Å²) in [5, 5.41) is 9.20. The van der Waals surface area contributed by atoms with E-state index in [-0.39, 0.29) is 11.8 Å². The van der Waals surface area contributed by atoms with Gasteiger partial charge in [0.25, 0.3) is 0 Å². The van der Waals surface area contributed by atoms with Gasteiger partial charge in [-0.3, -0.25) is 0 Å². The fourth-order valence-electron chi connectivity index (χ4n) is 0.873. The van der Waals surface area contributed by atoms with Gasteiger partial charge in [0.15, 0.2) is 0 Å². The molecule has 0 saturated heterocycles. The molecular formula is C8H11NO. The van der Waals surface area contributed by atoms with Gasteiger partial charge in [0.05, 0.1) is 0 Å². The van der Waals surface area contributed by atoms with Crippen LogP contribution < -0.4 is 5.73 Å². The van der Waals surface area contributed by atoms with Crippen LogP contribution in [0.1, 0.15) is 18.5 Å². The van der Waals surface area contributed by atoms with Crippen molar-refractivity contribution in [3.63, 3.8) is 0 Å². The molecule has 10 heavy (non-hydrogen) atoms. The fraction of sp³-hybridized carbons (Fsp3) is 0.250. The van der Waals surface area contributed by atoms with Gasteiger partial charge in [-0.25, -0.2) is 0 Å². The van der Waals surface area contributed by atoms with E-state index >= 15 is 0 Å². The minimum atomic E-state index is -0.0961. The molecular weight excluding hydrogens is 126 g/mol. The number of para-hydroxylation sites is 1. The molecule has 1 aromatic rings. The van der Waals surface area contributed by atoms with Crippen molar-refractivity contribution in [1.82, 2.24) is 0 Å². The summed E-state index contributed by atoms with van der Waals surface area (Å²) >= 11 is 0. The van der Waals surface area contributed by atoms with E-state index in [9.17, 15) is 5.11 Å². The van der Waals surface area contributed by atoms with Crippen LogP contribution in [0.25, 0.3) is 0 Å². The second kappa shape index (κ2) is 2.71. The van der Waals surface area contributed by atoms with Crippen molar-refractivity contribution >= 4 is 0 Å². The van der Waals surface area contributed by atoms with Gasteiger partial charge in [0.1, 0.15) is 5.75 Å². The molecule has 0 aliphatic carbocycles. The average molecular weight is 137 g/mol. The largest absolute Gasteiger partial charge is 0.508 e. The summed E-state index contributed by atoms with van der Waals surface area (Å²) in [4.78, 5) is 0. The number of rotatable bonds is 1. The first-order chi connectivity index (χ1) is 4.72. The highest BCUT2D eigenvalue weighted by atomic mass is 16.3. The third kappa shape index (κ3) is 1.28. The van der Waals surface area contributed by atoms with Crippen LogP contribution in [0.4, 0.5) is 0 Å². The first-order valence-electron chi connectivity index (χ1n) is 3.25. The van der Waals surface area contributed by atoms with Crippen molar-refractivity contribution in [3.8, 4) is 5.75 Å². The van der Waals surface area contributed by atoms with Gasteiger partial charge in [-0.2, -0.15) is 0 Å². The molecule has 0 spiro atoms. The molecule has 3 N–H and O–H groups in total. The Balaban J connectivity index is 3.03. The summed E-state index contributed by atoms with van der Waals surface area (Å²) < 4.78 is 0. The van der Waals surface area contributed by atoms with Crippen LogP contribution in [0.5, 0.6) is 5.75 Å². The minimum Gasteiger partial charge on any atom is -0.508 e. The molecule has 1 aromatic carbocycles. The van der Waals surface area contributed by atoms with Gasteiger partial charge in [-0.1, -0.05) is 18.2 Å². The zero-order valence-electron chi connectivity index (χ0n) is 5.91. The lowest BCUT2D eigenvalue weighted by Gasteiger charge is -2.06. The van der Waals surface area contributed by atoms with Gasteiger partial charge in [0, 0.05) is 11.6 Å². The summed E-state index contributed by atoms with van der Waals surface area (Å²) in [5.74, 6) is 0.275. The molecule has 1 atom stereocenters. The van der Waals surface area contributed by atoms with Gasteiger partial charge >= 0.3 is 0 Å². The number of phenolic OH excluding ortho intramolecular Hbond substituents is 1. The Morgan fingerprint density at radius 2 is 2.00 bits per heavy atom. The highest BCUT2D eigenvalue weighted by molar-refractivity contribution is 5.33. The molecule has 2 heteroatoms. The number of nitrogens with two attached hydrogens (primary N) is 1. The molecule has 1 rings (SSSR count). The van der Waals surface area contributed by atoms with Crippen LogP contribution >= 0.6 is 0 Å². The number of phenols is 1. The summed E-state index contributed by atoms with van der Waals surface area (Å²) in [7, 11) is 0. The average Bonchev–Trinajstić information content (AvgIpc) is 1.88. The molecule has 0 aliphatic rings. The molecule has 0 saturated carbocycles. The van der Waals surface area contributed by atoms with Crippen LogP contribution in [0, 0.1) is 0 Å². The first kappa shape index (κ1) is 7.09. The van der Waals surface area contributed by atoms with Crippen LogP contribution in [-0.4, -0.2) is 5.11 Å². The highest BCUT2D eigenvalue weighted by Gasteiger charge is 2.02. The summed E-state index contributed by atoms with van der Waals surface area (Å²) in [6.45, 7) is 1.84. The smallest absolute Gasteiger partial charge is 0.120 e. The van der Waals surface area contributed by atoms with E-state index in [4.69, 9.17) is 5.73 Å². The molecule has 2 nitrogen and oxygen atoms in total. The second-order valence-electron chi connectivity index (χ2n) is 2.35. The predicted octanol–water partition coefficient (Wildman–Crippen LogP) is 1.41. The van der Waals surface area contributed by atoms with E-state index in [1.807, 2.05) is 19.1 Å². The van der Waals surface area contributed by atoms with E-state index in [1.165, 1.54) is 0 Å².